The van der Waals surface area contributed by atoms with Crippen molar-refractivity contribution in [2.45, 2.75) is 37.9 Å². The van der Waals surface area contributed by atoms with Crippen LogP contribution in [-0.2, 0) is 16.1 Å². The number of carboxylic acids is 1. The maximum atomic E-state index is 13.3. The molecule has 0 radical (unpaired) electrons. The van der Waals surface area contributed by atoms with Gasteiger partial charge in [0.1, 0.15) is 17.5 Å². The first-order valence-electron chi connectivity index (χ1n) is 16.4. The van der Waals surface area contributed by atoms with Crippen LogP contribution >= 0.6 is 23.2 Å². The Labute approximate surface area is 302 Å². The first kappa shape index (κ1) is 34.2. The summed E-state index contributed by atoms with van der Waals surface area (Å²) in [5, 5.41) is 19.5. The van der Waals surface area contributed by atoms with Gasteiger partial charge < -0.3 is 25.8 Å². The maximum Gasteiger partial charge on any atom is 0.326 e. The second kappa shape index (κ2) is 14.5. The molecule has 7 rings (SSSR count). The fourth-order valence-electron chi connectivity index (χ4n) is 6.38. The molecular formula is C37H33Cl2N7O5. The average Bonchev–Trinajstić information content (AvgIpc) is 3.57. The molecule has 5 aromatic rings. The highest BCUT2D eigenvalue weighted by Crippen LogP contribution is 2.42. The molecule has 3 aromatic heterocycles. The number of aliphatic imine (C=N–C) groups is 1. The molecule has 4 N–H and O–H groups in total. The Morgan fingerprint density at radius 1 is 0.980 bits per heavy atom. The van der Waals surface area contributed by atoms with Gasteiger partial charge in [-0.1, -0.05) is 59.6 Å². The number of aromatic nitrogens is 3. The predicted molar refractivity (Wildman–Crippen MR) is 196 cm³/mol. The van der Waals surface area contributed by atoms with Gasteiger partial charge in [0.15, 0.2) is 0 Å². The average molecular weight is 727 g/mol. The molecule has 0 saturated carbocycles. The minimum absolute atomic E-state index is 0.0521. The van der Waals surface area contributed by atoms with Gasteiger partial charge in [-0.3, -0.25) is 19.0 Å². The van der Waals surface area contributed by atoms with Crippen molar-refractivity contribution < 1.29 is 19.4 Å². The Kier molecular flexibility index (Phi) is 9.72. The molecule has 2 aliphatic rings. The number of rotatable bonds is 10. The molecule has 51 heavy (non-hydrogen) atoms. The smallest absolute Gasteiger partial charge is 0.326 e. The molecule has 2 aliphatic heterocycles. The molecule has 2 atom stereocenters. The number of nitrogens with one attached hydrogen (secondary N) is 3. The van der Waals surface area contributed by atoms with E-state index in [9.17, 15) is 19.5 Å². The number of carboxylic acid groups (broad SMARTS) is 1. The number of aliphatic carboxylic acids is 1. The first-order chi connectivity index (χ1) is 24.7. The number of pyridine rings is 2. The lowest BCUT2D eigenvalue weighted by Gasteiger charge is -2.22. The normalized spacial score (nSPS) is 17.2. The number of carbonyl (C=O) groups is 2. The summed E-state index contributed by atoms with van der Waals surface area (Å²) in [4.78, 5) is 50.0. The molecule has 1 unspecified atom stereocenters. The van der Waals surface area contributed by atoms with Crippen LogP contribution in [-0.4, -0.2) is 69.5 Å². The van der Waals surface area contributed by atoms with Crippen molar-refractivity contribution in [3.8, 4) is 39.4 Å². The van der Waals surface area contributed by atoms with Gasteiger partial charge in [0.05, 0.1) is 28.4 Å². The first-order valence-corrected chi connectivity index (χ1v) is 17.1. The number of hydrogen-bond donors (Lipinski definition) is 4. The van der Waals surface area contributed by atoms with Crippen LogP contribution < -0.4 is 26.2 Å². The summed E-state index contributed by atoms with van der Waals surface area (Å²) in [6.07, 6.45) is 4.96. The highest BCUT2D eigenvalue weighted by molar-refractivity contribution is 6.39. The molecule has 2 aromatic carbocycles. The number of carbonyl (C=O) groups excluding carboxylic acids is 1. The number of hydrogen-bond acceptors (Lipinski definition) is 9. The number of fused-ring (bicyclic) bond motifs is 1. The van der Waals surface area contributed by atoms with E-state index < -0.39 is 12.0 Å². The molecule has 1 amide bonds. The summed E-state index contributed by atoms with van der Waals surface area (Å²) in [6.45, 7) is 1.29. The lowest BCUT2D eigenvalue weighted by Crippen LogP contribution is -2.44. The number of methoxy groups -OCH3 is 1. The zero-order valence-electron chi connectivity index (χ0n) is 27.5. The van der Waals surface area contributed by atoms with Crippen LogP contribution in [0.2, 0.25) is 10.0 Å². The van der Waals surface area contributed by atoms with Crippen molar-refractivity contribution >= 4 is 46.6 Å². The number of nitrogens with zero attached hydrogens (tertiary/aromatic N) is 4. The maximum absolute atomic E-state index is 13.3. The summed E-state index contributed by atoms with van der Waals surface area (Å²) in [5.74, 6) is -0.211. The van der Waals surface area contributed by atoms with E-state index in [-0.39, 0.29) is 23.4 Å². The standard InChI is InChI=1S/C37H33Cl2N7O5/c1-51-35-27(34-41-14-12-29(44-34)37(49)50)9-10-28(45-35)26-7-3-6-25(33(26)39)24-5-2-4-23(32(24)38)20-13-15-46-30(16-20)42-18-21(36(46)48)17-40-19-22-8-11-31(47)43-22/h2-7,9-10,13,15-16,18,22,29,40H,8,11-12,14,17,19H2,1H3,(H,41,44)(H,43,47)(H,49,50)/t22-,29?/m0/s1. The zero-order valence-corrected chi connectivity index (χ0v) is 29.0. The van der Waals surface area contributed by atoms with Crippen LogP contribution in [0.3, 0.4) is 0 Å². The number of halogens is 2. The quantitative estimate of drug-likeness (QED) is 0.156. The van der Waals surface area contributed by atoms with E-state index in [4.69, 9.17) is 32.9 Å². The number of benzene rings is 2. The van der Waals surface area contributed by atoms with Crippen LogP contribution in [0.4, 0.5) is 0 Å². The lowest BCUT2D eigenvalue weighted by molar-refractivity contribution is -0.139. The molecule has 14 heteroatoms. The highest BCUT2D eigenvalue weighted by Gasteiger charge is 2.26. The van der Waals surface area contributed by atoms with E-state index in [0.29, 0.717) is 87.5 Å². The zero-order chi connectivity index (χ0) is 35.6. The third-order valence-corrected chi connectivity index (χ3v) is 9.87. The van der Waals surface area contributed by atoms with Crippen molar-refractivity contribution in [3.05, 3.63) is 105 Å². The van der Waals surface area contributed by atoms with E-state index in [1.807, 2.05) is 48.5 Å². The van der Waals surface area contributed by atoms with Crippen molar-refractivity contribution in [1.82, 2.24) is 30.3 Å². The van der Waals surface area contributed by atoms with Crippen LogP contribution in [0.25, 0.3) is 39.2 Å². The Balaban J connectivity index is 1.15. The van der Waals surface area contributed by atoms with Crippen molar-refractivity contribution in [1.29, 1.82) is 0 Å². The van der Waals surface area contributed by atoms with Gasteiger partial charge in [-0.25, -0.2) is 14.8 Å². The monoisotopic (exact) mass is 725 g/mol. The van der Waals surface area contributed by atoms with Gasteiger partial charge >= 0.3 is 5.97 Å². The van der Waals surface area contributed by atoms with E-state index in [2.05, 4.69) is 25.9 Å². The van der Waals surface area contributed by atoms with Crippen LogP contribution in [0, 0.1) is 0 Å². The fourth-order valence-corrected chi connectivity index (χ4v) is 7.04. The van der Waals surface area contributed by atoms with E-state index in [1.165, 1.54) is 11.5 Å². The number of amides is 1. The van der Waals surface area contributed by atoms with Gasteiger partial charge in [0.2, 0.25) is 11.8 Å². The summed E-state index contributed by atoms with van der Waals surface area (Å²) >= 11 is 14.1. The molecule has 1 fully saturated rings. The summed E-state index contributed by atoms with van der Waals surface area (Å²) in [5.41, 5.74) is 5.47. The van der Waals surface area contributed by atoms with Gasteiger partial charge in [-0.2, -0.15) is 0 Å². The Morgan fingerprint density at radius 2 is 1.73 bits per heavy atom. The predicted octanol–water partition coefficient (Wildman–Crippen LogP) is 4.97. The Bertz CT molecular complexity index is 2270. The summed E-state index contributed by atoms with van der Waals surface area (Å²) < 4.78 is 7.10. The molecule has 0 bridgehead atoms. The van der Waals surface area contributed by atoms with Gasteiger partial charge in [0.25, 0.3) is 5.56 Å². The molecule has 0 aliphatic carbocycles. The number of ether oxygens (including phenoxy) is 1. The third-order valence-electron chi connectivity index (χ3n) is 9.05. The van der Waals surface area contributed by atoms with Gasteiger partial charge in [-0.15, -0.1) is 0 Å². The van der Waals surface area contributed by atoms with E-state index >= 15 is 0 Å². The second-order valence-electron chi connectivity index (χ2n) is 12.3. The molecule has 5 heterocycles. The second-order valence-corrected chi connectivity index (χ2v) is 13.1. The van der Waals surface area contributed by atoms with Gasteiger partial charge in [0, 0.05) is 72.3 Å². The third kappa shape index (κ3) is 6.90. The Hall–Kier alpha value is -5.30. The van der Waals surface area contributed by atoms with E-state index in [0.717, 1.165) is 17.5 Å². The minimum Gasteiger partial charge on any atom is -0.480 e. The largest absolute Gasteiger partial charge is 0.480 e. The lowest BCUT2D eigenvalue weighted by atomic mass is 9.97. The summed E-state index contributed by atoms with van der Waals surface area (Å²) in [6, 6.07) is 17.8. The molecule has 1 saturated heterocycles. The molecule has 0 spiro atoms. The fraction of sp³-hybridized carbons (Fsp3) is 0.243. The van der Waals surface area contributed by atoms with Crippen LogP contribution in [0.1, 0.15) is 30.4 Å². The van der Waals surface area contributed by atoms with Crippen molar-refractivity contribution in [3.63, 3.8) is 0 Å². The minimum atomic E-state index is -0.948. The number of amidine groups is 1. The highest BCUT2D eigenvalue weighted by atomic mass is 35.5. The van der Waals surface area contributed by atoms with Crippen LogP contribution in [0.5, 0.6) is 5.88 Å². The molecule has 12 nitrogen and oxygen atoms in total. The van der Waals surface area contributed by atoms with Gasteiger partial charge in [-0.05, 0) is 42.7 Å². The topological polar surface area (TPSA) is 159 Å². The molecular weight excluding hydrogens is 693 g/mol. The van der Waals surface area contributed by atoms with Crippen molar-refractivity contribution in [2.75, 3.05) is 20.2 Å². The summed E-state index contributed by atoms with van der Waals surface area (Å²) in [7, 11) is 1.49. The van der Waals surface area contributed by atoms with E-state index in [1.54, 1.807) is 24.5 Å². The molecule has 260 valence electrons. The van der Waals surface area contributed by atoms with Crippen molar-refractivity contribution in [2.24, 2.45) is 4.99 Å². The Morgan fingerprint density at radius 3 is 2.45 bits per heavy atom. The van der Waals surface area contributed by atoms with Crippen LogP contribution in [0.15, 0.2) is 82.8 Å². The SMILES string of the molecule is COc1nc(-c2cccc(-c3cccc(-c4ccn5c(=O)c(CNC[C@@H]6CCC(=O)N6)cnc5c4)c3Cl)c2Cl)ccc1C1=NCCC(C(=O)O)N1.